The quantitative estimate of drug-likeness (QED) is 0.433. The fraction of sp³-hybridized carbons (Fsp3) is 0.304. The van der Waals surface area contributed by atoms with Crippen LogP contribution in [-0.2, 0) is 6.54 Å². The number of H-pyrrole nitrogens is 1. The molecule has 1 amide bonds. The van der Waals surface area contributed by atoms with Crippen LogP contribution >= 0.6 is 11.3 Å². The summed E-state index contributed by atoms with van der Waals surface area (Å²) in [7, 11) is 0. The van der Waals surface area contributed by atoms with Gasteiger partial charge in [-0.2, -0.15) is 5.10 Å². The number of aromatic amines is 1. The lowest BCUT2D eigenvalue weighted by Gasteiger charge is -2.22. The van der Waals surface area contributed by atoms with Crippen molar-refractivity contribution in [1.29, 1.82) is 0 Å². The number of hydrogen-bond acceptors (Lipinski definition) is 6. The van der Waals surface area contributed by atoms with E-state index < -0.39 is 11.2 Å². The molecule has 0 saturated heterocycles. The van der Waals surface area contributed by atoms with Crippen LogP contribution in [0.3, 0.4) is 0 Å². The van der Waals surface area contributed by atoms with Gasteiger partial charge in [-0.15, -0.1) is 11.3 Å². The first-order valence-corrected chi connectivity index (χ1v) is 11.7. The Morgan fingerprint density at radius 3 is 2.61 bits per heavy atom. The van der Waals surface area contributed by atoms with E-state index in [-0.39, 0.29) is 24.0 Å². The van der Waals surface area contributed by atoms with Gasteiger partial charge in [0.15, 0.2) is 5.69 Å². The van der Waals surface area contributed by atoms with Gasteiger partial charge in [-0.1, -0.05) is 31.5 Å². The van der Waals surface area contributed by atoms with Crippen LogP contribution in [0.1, 0.15) is 42.1 Å². The van der Waals surface area contributed by atoms with Gasteiger partial charge in [-0.05, 0) is 38.5 Å². The molecule has 4 aromatic rings. The minimum atomic E-state index is -0.673. The standard InChI is InChI=1S/C23H26N6O3S/c1-4-6-12-28-19(24)18(20(30)25-23(28)32)27(5-2)21(31)17-13-16-14(3)26-29(22(16)33-17)15-10-8-7-9-11-15/h7-11,13H,4-6,12,24H2,1-3H3,(H,25,30,32). The lowest BCUT2D eigenvalue weighted by atomic mass is 10.2. The summed E-state index contributed by atoms with van der Waals surface area (Å²) in [6, 6.07) is 11.5. The Hall–Kier alpha value is -3.66. The number of amides is 1. The van der Waals surface area contributed by atoms with E-state index in [4.69, 9.17) is 5.73 Å². The fourth-order valence-electron chi connectivity index (χ4n) is 3.81. The number of hydrogen-bond donors (Lipinski definition) is 2. The molecule has 10 heteroatoms. The Morgan fingerprint density at radius 2 is 1.94 bits per heavy atom. The monoisotopic (exact) mass is 466 g/mol. The summed E-state index contributed by atoms with van der Waals surface area (Å²) in [6.07, 6.45) is 1.58. The number of benzene rings is 1. The molecule has 3 heterocycles. The maximum atomic E-state index is 13.5. The third kappa shape index (κ3) is 3.97. The molecule has 0 bridgehead atoms. The Bertz CT molecular complexity index is 1430. The molecule has 4 rings (SSSR count). The number of thiophene rings is 1. The molecule has 0 aliphatic heterocycles. The van der Waals surface area contributed by atoms with E-state index in [9.17, 15) is 14.4 Å². The van der Waals surface area contributed by atoms with Crippen molar-refractivity contribution in [2.24, 2.45) is 0 Å². The predicted molar refractivity (Wildman–Crippen MR) is 132 cm³/mol. The highest BCUT2D eigenvalue weighted by atomic mass is 32.1. The molecular formula is C23H26N6O3S. The summed E-state index contributed by atoms with van der Waals surface area (Å²) >= 11 is 1.31. The van der Waals surface area contributed by atoms with E-state index in [1.165, 1.54) is 20.8 Å². The molecule has 0 fully saturated rings. The summed E-state index contributed by atoms with van der Waals surface area (Å²) < 4.78 is 3.13. The number of carbonyl (C=O) groups excluding carboxylic acids is 1. The highest BCUT2D eigenvalue weighted by molar-refractivity contribution is 7.20. The van der Waals surface area contributed by atoms with Gasteiger partial charge >= 0.3 is 5.69 Å². The molecule has 1 aromatic carbocycles. The van der Waals surface area contributed by atoms with Crippen molar-refractivity contribution in [2.75, 3.05) is 17.2 Å². The molecule has 172 valence electrons. The number of unbranched alkanes of at least 4 members (excludes halogenated alkanes) is 1. The van der Waals surface area contributed by atoms with Crippen molar-refractivity contribution in [3.63, 3.8) is 0 Å². The number of aryl methyl sites for hydroxylation is 1. The van der Waals surface area contributed by atoms with Crippen molar-refractivity contribution < 1.29 is 4.79 Å². The van der Waals surface area contributed by atoms with E-state index in [2.05, 4.69) is 10.1 Å². The minimum Gasteiger partial charge on any atom is -0.383 e. The van der Waals surface area contributed by atoms with Gasteiger partial charge < -0.3 is 10.6 Å². The van der Waals surface area contributed by atoms with Crippen LogP contribution in [0.2, 0.25) is 0 Å². The van der Waals surface area contributed by atoms with Crippen LogP contribution in [0.15, 0.2) is 46.0 Å². The highest BCUT2D eigenvalue weighted by Gasteiger charge is 2.26. The van der Waals surface area contributed by atoms with Crippen molar-refractivity contribution in [3.8, 4) is 5.69 Å². The smallest absolute Gasteiger partial charge is 0.330 e. The zero-order chi connectivity index (χ0) is 23.7. The van der Waals surface area contributed by atoms with Gasteiger partial charge in [0.1, 0.15) is 10.6 Å². The molecule has 9 nitrogen and oxygen atoms in total. The summed E-state index contributed by atoms with van der Waals surface area (Å²) in [5.41, 5.74) is 6.69. The number of para-hydroxylation sites is 1. The van der Waals surface area contributed by atoms with Crippen molar-refractivity contribution >= 4 is 39.0 Å². The lowest BCUT2D eigenvalue weighted by Crippen LogP contribution is -2.41. The largest absolute Gasteiger partial charge is 0.383 e. The molecule has 0 saturated carbocycles. The number of rotatable bonds is 7. The molecule has 0 unspecified atom stereocenters. The average molecular weight is 467 g/mol. The normalized spacial score (nSPS) is 11.2. The van der Waals surface area contributed by atoms with Crippen LogP contribution < -0.4 is 21.9 Å². The molecule has 3 N–H and O–H groups in total. The second-order valence-electron chi connectivity index (χ2n) is 7.71. The van der Waals surface area contributed by atoms with Crippen LogP contribution in [0, 0.1) is 6.92 Å². The van der Waals surface area contributed by atoms with Crippen LogP contribution in [-0.4, -0.2) is 31.8 Å². The Balaban J connectivity index is 1.79. The van der Waals surface area contributed by atoms with Gasteiger partial charge in [-0.25, -0.2) is 9.48 Å². The molecule has 0 atom stereocenters. The van der Waals surface area contributed by atoms with E-state index in [1.807, 2.05) is 48.9 Å². The second kappa shape index (κ2) is 9.07. The number of nitrogens with two attached hydrogens (primary N) is 1. The third-order valence-electron chi connectivity index (χ3n) is 5.54. The van der Waals surface area contributed by atoms with E-state index >= 15 is 0 Å². The second-order valence-corrected chi connectivity index (χ2v) is 8.74. The third-order valence-corrected chi connectivity index (χ3v) is 6.64. The summed E-state index contributed by atoms with van der Waals surface area (Å²) in [4.78, 5) is 43.4. The van der Waals surface area contributed by atoms with Gasteiger partial charge in [0.05, 0.1) is 16.3 Å². The predicted octanol–water partition coefficient (Wildman–Crippen LogP) is 3.29. The van der Waals surface area contributed by atoms with Crippen LogP contribution in [0.4, 0.5) is 11.5 Å². The van der Waals surface area contributed by atoms with E-state index in [1.54, 1.807) is 13.0 Å². The number of carbonyl (C=O) groups is 1. The Kier molecular flexibility index (Phi) is 6.19. The molecule has 3 aromatic heterocycles. The SMILES string of the molecule is CCCCn1c(N)c(N(CC)C(=O)c2cc3c(C)nn(-c4ccccc4)c3s2)c(=O)[nH]c1=O. The average Bonchev–Trinajstić information content (AvgIpc) is 3.37. The highest BCUT2D eigenvalue weighted by Crippen LogP contribution is 2.32. The zero-order valence-corrected chi connectivity index (χ0v) is 19.6. The number of nitrogens with one attached hydrogen (secondary N) is 1. The fourth-order valence-corrected chi connectivity index (χ4v) is 4.94. The number of nitrogens with zero attached hydrogens (tertiary/aromatic N) is 4. The summed E-state index contributed by atoms with van der Waals surface area (Å²) in [6.45, 7) is 6.24. The van der Waals surface area contributed by atoms with Gasteiger partial charge in [0.2, 0.25) is 0 Å². The first-order valence-electron chi connectivity index (χ1n) is 10.9. The van der Waals surface area contributed by atoms with Gasteiger partial charge in [0.25, 0.3) is 11.5 Å². The van der Waals surface area contributed by atoms with Crippen LogP contribution in [0.25, 0.3) is 15.9 Å². The van der Waals surface area contributed by atoms with Crippen LogP contribution in [0.5, 0.6) is 0 Å². The Morgan fingerprint density at radius 1 is 1.21 bits per heavy atom. The maximum Gasteiger partial charge on any atom is 0.330 e. The molecule has 33 heavy (non-hydrogen) atoms. The first kappa shape index (κ1) is 22.5. The zero-order valence-electron chi connectivity index (χ0n) is 18.8. The molecule has 0 spiro atoms. The first-order chi connectivity index (χ1) is 15.9. The molecule has 0 radical (unpaired) electrons. The van der Waals surface area contributed by atoms with Gasteiger partial charge in [0, 0.05) is 18.5 Å². The molecule has 0 aliphatic carbocycles. The minimum absolute atomic E-state index is 0.000141. The van der Waals surface area contributed by atoms with E-state index in [0.29, 0.717) is 11.4 Å². The topological polar surface area (TPSA) is 119 Å². The molecule has 0 aliphatic rings. The Labute approximate surface area is 194 Å². The van der Waals surface area contributed by atoms with Crippen molar-refractivity contribution in [3.05, 3.63) is 67.8 Å². The number of anilines is 2. The number of aromatic nitrogens is 4. The van der Waals surface area contributed by atoms with Crippen molar-refractivity contribution in [1.82, 2.24) is 19.3 Å². The van der Waals surface area contributed by atoms with Gasteiger partial charge in [-0.3, -0.25) is 19.1 Å². The summed E-state index contributed by atoms with van der Waals surface area (Å²) in [5.74, 6) is -0.351. The lowest BCUT2D eigenvalue weighted by molar-refractivity contribution is 0.0992. The van der Waals surface area contributed by atoms with E-state index in [0.717, 1.165) is 34.4 Å². The number of nitrogen functional groups attached to an aromatic ring is 1. The van der Waals surface area contributed by atoms with Crippen molar-refractivity contribution in [2.45, 2.75) is 40.2 Å². The number of fused-ring (bicyclic) bond motifs is 1. The summed E-state index contributed by atoms with van der Waals surface area (Å²) in [5, 5.41) is 5.48. The molecular weight excluding hydrogens is 440 g/mol. The maximum absolute atomic E-state index is 13.5.